The van der Waals surface area contributed by atoms with Gasteiger partial charge in [0.05, 0.1) is 6.42 Å². The Bertz CT molecular complexity index is 134. The Morgan fingerprint density at radius 1 is 1.30 bits per heavy atom. The summed E-state index contributed by atoms with van der Waals surface area (Å²) in [5.41, 5.74) is 0. The fraction of sp³-hybridized carbons (Fsp3) is 0.500. The summed E-state index contributed by atoms with van der Waals surface area (Å²) in [6.45, 7) is 0. The summed E-state index contributed by atoms with van der Waals surface area (Å²) in [5, 5.41) is 24.1. The molecule has 0 bridgehead atoms. The summed E-state index contributed by atoms with van der Waals surface area (Å²) in [6.07, 6.45) is -2.54. The van der Waals surface area contributed by atoms with Gasteiger partial charge in [-0.05, 0) is 0 Å². The van der Waals surface area contributed by atoms with Crippen molar-refractivity contribution in [2.75, 3.05) is 0 Å². The minimum Gasteiger partial charge on any atom is -0.481 e. The topological polar surface area (TPSA) is 94.8 Å². The van der Waals surface area contributed by atoms with Crippen LogP contribution in [0.2, 0.25) is 0 Å². The van der Waals surface area contributed by atoms with Gasteiger partial charge in [0.2, 0.25) is 0 Å². The van der Waals surface area contributed by atoms with Crippen molar-refractivity contribution in [2.24, 2.45) is 0 Å². The molecule has 0 aliphatic carbocycles. The third kappa shape index (κ3) is 6.38. The van der Waals surface area contributed by atoms with E-state index in [4.69, 9.17) is 15.3 Å². The number of hydrogen-bond acceptors (Lipinski definition) is 3. The molecule has 1 atom stereocenters. The maximum absolute atomic E-state index is 9.72. The molecule has 1 unspecified atom stereocenters. The van der Waals surface area contributed by atoms with Crippen LogP contribution in [0.3, 0.4) is 0 Å². The van der Waals surface area contributed by atoms with E-state index in [9.17, 15) is 9.59 Å². The summed E-state index contributed by atoms with van der Waals surface area (Å²) < 4.78 is 0. The van der Waals surface area contributed by atoms with E-state index < -0.39 is 24.5 Å². The van der Waals surface area contributed by atoms with Crippen LogP contribution >= 0.6 is 0 Å². The summed E-state index contributed by atoms with van der Waals surface area (Å²) in [4.78, 5) is 19.4. The second-order valence-corrected chi connectivity index (χ2v) is 1.45. The first-order chi connectivity index (χ1) is 4.04. The fourth-order valence-electron chi connectivity index (χ4n) is 0.253. The van der Waals surface area contributed by atoms with Crippen LogP contribution in [0.1, 0.15) is 6.42 Å². The normalized spacial score (nSPS) is 11.3. The van der Waals surface area contributed by atoms with E-state index in [1.807, 2.05) is 0 Å². The minimum absolute atomic E-state index is 0. The average Bonchev–Trinajstić information content (AvgIpc) is 1.63. The van der Waals surface area contributed by atoms with Crippen molar-refractivity contribution in [3.8, 4) is 0 Å². The Hall–Kier alpha value is 0.264. The van der Waals surface area contributed by atoms with Gasteiger partial charge >= 0.3 is 11.9 Å². The number of carboxylic acid groups (broad SMARTS) is 2. The molecular weight excluding hydrogens is 269 g/mol. The first kappa shape index (κ1) is 12.9. The molecule has 0 saturated heterocycles. The van der Waals surface area contributed by atoms with Gasteiger partial charge in [0.25, 0.3) is 0 Å². The predicted octanol–water partition coefficient (Wildman–Crippen LogP) is -1.09. The second-order valence-electron chi connectivity index (χ2n) is 1.45. The van der Waals surface area contributed by atoms with Crippen LogP contribution < -0.4 is 0 Å². The molecule has 1 radical (unpaired) electrons. The van der Waals surface area contributed by atoms with Gasteiger partial charge in [-0.15, -0.1) is 0 Å². The largest absolute Gasteiger partial charge is 0.481 e. The monoisotopic (exact) mass is 275 g/mol. The van der Waals surface area contributed by atoms with Crippen LogP contribution in [-0.2, 0) is 9.59 Å². The molecule has 0 heterocycles. The Morgan fingerprint density at radius 2 is 1.70 bits per heavy atom. The Balaban J connectivity index is 0. The van der Waals surface area contributed by atoms with E-state index >= 15 is 0 Å². The molecule has 0 fully saturated rings. The van der Waals surface area contributed by atoms with Gasteiger partial charge in [0.1, 0.15) is 0 Å². The van der Waals surface area contributed by atoms with Crippen LogP contribution in [0.15, 0.2) is 0 Å². The molecule has 0 aliphatic rings. The molecular formula is C4H6O5Pr. The number of rotatable bonds is 3. The third-order valence-electron chi connectivity index (χ3n) is 0.653. The number of aliphatic hydroxyl groups excluding tert-OH is 1. The summed E-state index contributed by atoms with van der Waals surface area (Å²) in [6, 6.07) is 0. The summed E-state index contributed by atoms with van der Waals surface area (Å²) in [5.74, 6) is -2.85. The van der Waals surface area contributed by atoms with Crippen LogP contribution in [0, 0.1) is 41.3 Å². The van der Waals surface area contributed by atoms with Crippen molar-refractivity contribution in [3.63, 3.8) is 0 Å². The quantitative estimate of drug-likeness (QED) is 0.608. The zero-order valence-electron chi connectivity index (χ0n) is 5.02. The van der Waals surface area contributed by atoms with Crippen molar-refractivity contribution in [1.29, 1.82) is 0 Å². The third-order valence-corrected chi connectivity index (χ3v) is 0.653. The number of aliphatic carboxylic acids is 2. The first-order valence-corrected chi connectivity index (χ1v) is 2.16. The van der Waals surface area contributed by atoms with E-state index in [-0.39, 0.29) is 41.3 Å². The molecule has 5 nitrogen and oxygen atoms in total. The molecule has 0 aromatic heterocycles. The van der Waals surface area contributed by atoms with Crippen LogP contribution in [0.25, 0.3) is 0 Å². The molecule has 0 aliphatic heterocycles. The average molecular weight is 275 g/mol. The summed E-state index contributed by atoms with van der Waals surface area (Å²) >= 11 is 0. The Kier molecular flexibility index (Phi) is 7.75. The molecule has 0 rings (SSSR count). The Labute approximate surface area is 90.0 Å². The van der Waals surface area contributed by atoms with E-state index in [0.717, 1.165) is 0 Å². The molecule has 0 aromatic rings. The van der Waals surface area contributed by atoms with Gasteiger partial charge in [0.15, 0.2) is 6.10 Å². The minimum atomic E-state index is -1.79. The van der Waals surface area contributed by atoms with Crippen molar-refractivity contribution in [2.45, 2.75) is 12.5 Å². The standard InChI is InChI=1S/C4H6O5.Pr/c5-2(4(8)9)1-3(6)7;/h2,5H,1H2,(H,6,7)(H,8,9);. The van der Waals surface area contributed by atoms with Gasteiger partial charge in [-0.2, -0.15) is 0 Å². The van der Waals surface area contributed by atoms with Crippen LogP contribution in [0.5, 0.6) is 0 Å². The maximum atomic E-state index is 9.72. The molecule has 0 aromatic carbocycles. The molecule has 55 valence electrons. The van der Waals surface area contributed by atoms with Crippen LogP contribution in [-0.4, -0.2) is 33.4 Å². The van der Waals surface area contributed by atoms with Gasteiger partial charge in [0, 0.05) is 41.3 Å². The summed E-state index contributed by atoms with van der Waals surface area (Å²) in [7, 11) is 0. The molecule has 6 heteroatoms. The smallest absolute Gasteiger partial charge is 0.333 e. The van der Waals surface area contributed by atoms with Crippen molar-refractivity contribution in [1.82, 2.24) is 0 Å². The van der Waals surface area contributed by atoms with Crippen molar-refractivity contribution >= 4 is 11.9 Å². The van der Waals surface area contributed by atoms with E-state index in [2.05, 4.69) is 0 Å². The molecule has 0 amide bonds. The first-order valence-electron chi connectivity index (χ1n) is 2.16. The van der Waals surface area contributed by atoms with E-state index in [1.165, 1.54) is 0 Å². The number of carbonyl (C=O) groups is 2. The van der Waals surface area contributed by atoms with E-state index in [1.54, 1.807) is 0 Å². The SMILES string of the molecule is O=C(O)CC(O)C(=O)O.[Pr]. The second kappa shape index (κ2) is 6.01. The molecule has 0 spiro atoms. The van der Waals surface area contributed by atoms with Gasteiger partial charge in [-0.3, -0.25) is 4.79 Å². The number of aliphatic hydroxyl groups is 1. The number of hydrogen-bond donors (Lipinski definition) is 3. The van der Waals surface area contributed by atoms with Gasteiger partial charge < -0.3 is 15.3 Å². The maximum Gasteiger partial charge on any atom is 0.333 e. The molecule has 10 heavy (non-hydrogen) atoms. The van der Waals surface area contributed by atoms with Crippen molar-refractivity contribution in [3.05, 3.63) is 0 Å². The van der Waals surface area contributed by atoms with E-state index in [0.29, 0.717) is 0 Å². The molecule has 0 saturated carbocycles. The zero-order chi connectivity index (χ0) is 7.44. The fourth-order valence-corrected chi connectivity index (χ4v) is 0.253. The van der Waals surface area contributed by atoms with Gasteiger partial charge in [-0.25, -0.2) is 4.79 Å². The zero-order valence-corrected chi connectivity index (χ0v) is 8.72. The predicted molar refractivity (Wildman–Crippen MR) is 25.9 cm³/mol. The van der Waals surface area contributed by atoms with Crippen LogP contribution in [0.4, 0.5) is 0 Å². The van der Waals surface area contributed by atoms with Gasteiger partial charge in [-0.1, -0.05) is 0 Å². The van der Waals surface area contributed by atoms with Crippen molar-refractivity contribution < 1.29 is 66.2 Å². The Morgan fingerprint density at radius 3 is 1.80 bits per heavy atom. The molecule has 3 N–H and O–H groups in total. The number of carboxylic acids is 2.